The van der Waals surface area contributed by atoms with Gasteiger partial charge in [-0.2, -0.15) is 5.26 Å². The Morgan fingerprint density at radius 1 is 1.06 bits per heavy atom. The van der Waals surface area contributed by atoms with Crippen LogP contribution in [-0.2, 0) is 0 Å². The van der Waals surface area contributed by atoms with Gasteiger partial charge in [0.1, 0.15) is 11.6 Å². The number of halogens is 3. The molecule has 0 saturated carbocycles. The van der Waals surface area contributed by atoms with Crippen molar-refractivity contribution in [3.05, 3.63) is 58.1 Å². The van der Waals surface area contributed by atoms with Crippen LogP contribution < -0.4 is 0 Å². The van der Waals surface area contributed by atoms with Crippen LogP contribution in [0.2, 0.25) is 0 Å². The smallest absolute Gasteiger partial charge is 0.135 e. The van der Waals surface area contributed by atoms with Gasteiger partial charge in [0, 0.05) is 10.0 Å². The van der Waals surface area contributed by atoms with Gasteiger partial charge in [0.05, 0.1) is 17.2 Å². The molecule has 84 valence electrons. The van der Waals surface area contributed by atoms with E-state index >= 15 is 0 Å². The average molecular weight is 294 g/mol. The predicted octanol–water partition coefficient (Wildman–Crippen LogP) is 4.27. The van der Waals surface area contributed by atoms with Crippen LogP contribution in [0.15, 0.2) is 40.9 Å². The number of benzene rings is 2. The van der Waals surface area contributed by atoms with E-state index in [1.807, 2.05) is 6.07 Å². The fraction of sp³-hybridized carbons (Fsp3) is 0. The highest BCUT2D eigenvalue weighted by atomic mass is 79.9. The maximum Gasteiger partial charge on any atom is 0.135 e. The Morgan fingerprint density at radius 3 is 2.24 bits per heavy atom. The molecule has 0 radical (unpaired) electrons. The van der Waals surface area contributed by atoms with E-state index in [0.29, 0.717) is 4.47 Å². The Hall–Kier alpha value is -1.73. The molecule has 2 rings (SSSR count). The van der Waals surface area contributed by atoms with E-state index in [0.717, 1.165) is 0 Å². The van der Waals surface area contributed by atoms with E-state index in [-0.39, 0.29) is 16.7 Å². The summed E-state index contributed by atoms with van der Waals surface area (Å²) in [6.45, 7) is 0. The lowest BCUT2D eigenvalue weighted by molar-refractivity contribution is 0.588. The molecule has 0 saturated heterocycles. The minimum absolute atomic E-state index is 0.176. The Kier molecular flexibility index (Phi) is 3.21. The molecule has 0 heterocycles. The third-order valence-corrected chi connectivity index (χ3v) is 2.78. The maximum atomic E-state index is 13.7. The molecule has 0 atom stereocenters. The summed E-state index contributed by atoms with van der Waals surface area (Å²) in [5.41, 5.74) is 0.329. The highest BCUT2D eigenvalue weighted by Crippen LogP contribution is 2.30. The van der Waals surface area contributed by atoms with Gasteiger partial charge in [-0.05, 0) is 18.2 Å². The molecule has 0 aromatic heterocycles. The molecule has 0 unspecified atom stereocenters. The van der Waals surface area contributed by atoms with Gasteiger partial charge in [-0.15, -0.1) is 0 Å². The lowest BCUT2D eigenvalue weighted by Gasteiger charge is -2.07. The van der Waals surface area contributed by atoms with E-state index in [9.17, 15) is 8.78 Å². The molecule has 0 bridgehead atoms. The second-order valence-corrected chi connectivity index (χ2v) is 4.32. The molecule has 0 amide bonds. The molecule has 0 spiro atoms. The molecule has 0 aliphatic carbocycles. The summed E-state index contributed by atoms with van der Waals surface area (Å²) in [6, 6.07) is 10.6. The zero-order valence-electron chi connectivity index (χ0n) is 8.55. The average Bonchev–Trinajstić information content (AvgIpc) is 2.28. The van der Waals surface area contributed by atoms with E-state index in [4.69, 9.17) is 5.26 Å². The van der Waals surface area contributed by atoms with Crippen molar-refractivity contribution < 1.29 is 8.78 Å². The van der Waals surface area contributed by atoms with Gasteiger partial charge in [0.15, 0.2) is 0 Å². The van der Waals surface area contributed by atoms with Gasteiger partial charge < -0.3 is 0 Å². The predicted molar refractivity (Wildman–Crippen MR) is 64.2 cm³/mol. The van der Waals surface area contributed by atoms with Gasteiger partial charge in [0.25, 0.3) is 0 Å². The molecule has 4 heteroatoms. The van der Waals surface area contributed by atoms with E-state index in [2.05, 4.69) is 15.9 Å². The summed E-state index contributed by atoms with van der Waals surface area (Å²) in [5.74, 6) is -1.39. The first-order valence-electron chi connectivity index (χ1n) is 4.77. The number of nitrogens with zero attached hydrogens (tertiary/aromatic N) is 1. The van der Waals surface area contributed by atoms with Crippen molar-refractivity contribution in [1.82, 2.24) is 0 Å². The highest BCUT2D eigenvalue weighted by molar-refractivity contribution is 9.10. The van der Waals surface area contributed by atoms with E-state index in [1.54, 1.807) is 12.1 Å². The Balaban J connectivity index is 2.74. The van der Waals surface area contributed by atoms with Gasteiger partial charge in [0.2, 0.25) is 0 Å². The third-order valence-electron chi connectivity index (χ3n) is 2.32. The number of nitriles is 1. The normalized spacial score (nSPS) is 10.0. The zero-order valence-corrected chi connectivity index (χ0v) is 10.1. The summed E-state index contributed by atoms with van der Waals surface area (Å²) < 4.78 is 27.8. The van der Waals surface area contributed by atoms with Crippen molar-refractivity contribution >= 4 is 15.9 Å². The Bertz CT molecular complexity index is 594. The van der Waals surface area contributed by atoms with Crippen LogP contribution in [0.5, 0.6) is 0 Å². The van der Waals surface area contributed by atoms with E-state index in [1.165, 1.54) is 24.3 Å². The SMILES string of the molecule is N#Cc1ccccc1-c1c(F)cc(Br)cc1F. The van der Waals surface area contributed by atoms with Crippen LogP contribution in [0.1, 0.15) is 5.56 Å². The largest absolute Gasteiger partial charge is 0.206 e. The van der Waals surface area contributed by atoms with Crippen molar-refractivity contribution in [3.8, 4) is 17.2 Å². The first-order chi connectivity index (χ1) is 8.13. The van der Waals surface area contributed by atoms with E-state index < -0.39 is 11.6 Å². The monoisotopic (exact) mass is 293 g/mol. The summed E-state index contributed by atoms with van der Waals surface area (Å²) >= 11 is 3.01. The molecule has 0 aliphatic heterocycles. The molecule has 2 aromatic carbocycles. The molecule has 0 N–H and O–H groups in total. The van der Waals surface area contributed by atoms with Gasteiger partial charge in [-0.3, -0.25) is 0 Å². The first-order valence-corrected chi connectivity index (χ1v) is 5.57. The third kappa shape index (κ3) is 2.20. The van der Waals surface area contributed by atoms with Crippen molar-refractivity contribution in [2.45, 2.75) is 0 Å². The minimum atomic E-state index is -0.695. The lowest BCUT2D eigenvalue weighted by atomic mass is 9.99. The highest BCUT2D eigenvalue weighted by Gasteiger charge is 2.15. The van der Waals surface area contributed by atoms with Crippen LogP contribution in [0.4, 0.5) is 8.78 Å². The number of rotatable bonds is 1. The Morgan fingerprint density at radius 2 is 1.65 bits per heavy atom. The second kappa shape index (κ2) is 4.64. The topological polar surface area (TPSA) is 23.8 Å². The van der Waals surface area contributed by atoms with Gasteiger partial charge in [-0.25, -0.2) is 8.78 Å². The summed E-state index contributed by atoms with van der Waals surface area (Å²) in [6.07, 6.45) is 0. The fourth-order valence-corrected chi connectivity index (χ4v) is 2.00. The van der Waals surface area contributed by atoms with Crippen LogP contribution in [0.25, 0.3) is 11.1 Å². The molecule has 1 nitrogen and oxygen atoms in total. The number of hydrogen-bond acceptors (Lipinski definition) is 1. The van der Waals surface area contributed by atoms with Gasteiger partial charge >= 0.3 is 0 Å². The van der Waals surface area contributed by atoms with Crippen molar-refractivity contribution in [3.63, 3.8) is 0 Å². The lowest BCUT2D eigenvalue weighted by Crippen LogP contribution is -1.93. The van der Waals surface area contributed by atoms with Crippen molar-refractivity contribution in [1.29, 1.82) is 5.26 Å². The molecule has 0 fully saturated rings. The fourth-order valence-electron chi connectivity index (χ4n) is 1.60. The van der Waals surface area contributed by atoms with Crippen LogP contribution in [0.3, 0.4) is 0 Å². The first kappa shape index (κ1) is 11.7. The summed E-state index contributed by atoms with van der Waals surface area (Å²) in [5, 5.41) is 8.91. The maximum absolute atomic E-state index is 13.7. The summed E-state index contributed by atoms with van der Waals surface area (Å²) in [4.78, 5) is 0. The van der Waals surface area contributed by atoms with Crippen molar-refractivity contribution in [2.24, 2.45) is 0 Å². The molecule has 2 aromatic rings. The quantitative estimate of drug-likeness (QED) is 0.770. The standard InChI is InChI=1S/C13H6BrF2N/c14-9-5-11(15)13(12(16)6-9)10-4-2-1-3-8(10)7-17/h1-6H. The second-order valence-electron chi connectivity index (χ2n) is 3.40. The zero-order chi connectivity index (χ0) is 12.4. The van der Waals surface area contributed by atoms with Crippen LogP contribution in [-0.4, -0.2) is 0 Å². The number of hydrogen-bond donors (Lipinski definition) is 0. The van der Waals surface area contributed by atoms with Crippen LogP contribution in [0, 0.1) is 23.0 Å². The molecule has 17 heavy (non-hydrogen) atoms. The summed E-state index contributed by atoms with van der Waals surface area (Å²) in [7, 11) is 0. The van der Waals surface area contributed by atoms with Gasteiger partial charge in [-0.1, -0.05) is 34.1 Å². The Labute approximate surface area is 105 Å². The molecule has 0 aliphatic rings. The molecular weight excluding hydrogens is 288 g/mol. The van der Waals surface area contributed by atoms with Crippen LogP contribution >= 0.6 is 15.9 Å². The van der Waals surface area contributed by atoms with Crippen molar-refractivity contribution in [2.75, 3.05) is 0 Å². The molecular formula is C13H6BrF2N. The minimum Gasteiger partial charge on any atom is -0.206 e.